The van der Waals surface area contributed by atoms with Crippen LogP contribution in [-0.2, 0) is 9.84 Å². The molecule has 0 saturated carbocycles. The van der Waals surface area contributed by atoms with Crippen molar-refractivity contribution in [3.8, 4) is 11.1 Å². The molecule has 0 saturated heterocycles. The number of rotatable bonds is 3. The molecule has 2 N–H and O–H groups in total. The van der Waals surface area contributed by atoms with E-state index in [9.17, 15) is 17.6 Å². The lowest BCUT2D eigenvalue weighted by atomic mass is 10.1. The van der Waals surface area contributed by atoms with Gasteiger partial charge in [-0.2, -0.15) is 0 Å². The monoisotopic (exact) mass is 309 g/mol. The Bertz CT molecular complexity index is 802. The summed E-state index contributed by atoms with van der Waals surface area (Å²) in [4.78, 5) is 10.6. The van der Waals surface area contributed by atoms with Crippen molar-refractivity contribution in [1.82, 2.24) is 0 Å². The van der Waals surface area contributed by atoms with E-state index >= 15 is 0 Å². The Morgan fingerprint density at radius 3 is 2.43 bits per heavy atom. The summed E-state index contributed by atoms with van der Waals surface area (Å²) in [5.74, 6) is -0.779. The molecule has 5 nitrogen and oxygen atoms in total. The average molecular weight is 309 g/mol. The molecule has 2 aromatic carbocycles. The van der Waals surface area contributed by atoms with Gasteiger partial charge in [0.1, 0.15) is 5.82 Å². The first kappa shape index (κ1) is 15.0. The van der Waals surface area contributed by atoms with Gasteiger partial charge in [0.05, 0.1) is 10.6 Å². The van der Waals surface area contributed by atoms with Crippen molar-refractivity contribution < 1.29 is 22.7 Å². The summed E-state index contributed by atoms with van der Waals surface area (Å²) in [5, 5.41) is 10.5. The highest BCUT2D eigenvalue weighted by Crippen LogP contribution is 2.29. The minimum absolute atomic E-state index is 0.0864. The van der Waals surface area contributed by atoms with E-state index in [4.69, 9.17) is 5.11 Å². The number of halogens is 1. The molecule has 1 amide bonds. The molecule has 0 aliphatic rings. The van der Waals surface area contributed by atoms with Crippen molar-refractivity contribution in [3.63, 3.8) is 0 Å². The Hall–Kier alpha value is -2.41. The Labute approximate surface area is 121 Å². The quantitative estimate of drug-likeness (QED) is 0.913. The third-order valence-electron chi connectivity index (χ3n) is 2.81. The molecule has 0 aliphatic heterocycles. The number of carboxylic acid groups (broad SMARTS) is 1. The van der Waals surface area contributed by atoms with E-state index in [0.29, 0.717) is 11.1 Å². The lowest BCUT2D eigenvalue weighted by Crippen LogP contribution is -2.08. The molecule has 110 valence electrons. The molecular weight excluding hydrogens is 297 g/mol. The second kappa shape index (κ2) is 5.53. The highest BCUT2D eigenvalue weighted by atomic mass is 32.2. The molecule has 2 aromatic rings. The number of hydrogen-bond donors (Lipinski definition) is 2. The molecule has 0 aromatic heterocycles. The average Bonchev–Trinajstić information content (AvgIpc) is 2.40. The maximum absolute atomic E-state index is 13.8. The summed E-state index contributed by atoms with van der Waals surface area (Å²) in [6, 6.07) is 10.0. The standard InChI is InChI=1S/C14H12FNO4S/c1-21(19,20)13-5-3-2-4-10(13)9-6-7-12(11(15)8-9)16-14(17)18/h2-8,16H,1H3,(H,17,18). The number of amides is 1. The predicted molar refractivity (Wildman–Crippen MR) is 76.6 cm³/mol. The Morgan fingerprint density at radius 2 is 1.86 bits per heavy atom. The van der Waals surface area contributed by atoms with Crippen LogP contribution in [0.4, 0.5) is 14.9 Å². The second-order valence-corrected chi connectivity index (χ2v) is 6.38. The number of anilines is 1. The minimum atomic E-state index is -3.46. The van der Waals surface area contributed by atoms with Gasteiger partial charge >= 0.3 is 6.09 Å². The highest BCUT2D eigenvalue weighted by molar-refractivity contribution is 7.90. The summed E-state index contributed by atoms with van der Waals surface area (Å²) in [6.45, 7) is 0. The van der Waals surface area contributed by atoms with Crippen LogP contribution in [0.15, 0.2) is 47.4 Å². The van der Waals surface area contributed by atoms with Gasteiger partial charge in [-0.15, -0.1) is 0 Å². The maximum atomic E-state index is 13.8. The van der Waals surface area contributed by atoms with E-state index in [2.05, 4.69) is 0 Å². The van der Waals surface area contributed by atoms with Gasteiger partial charge in [0.2, 0.25) is 0 Å². The largest absolute Gasteiger partial charge is 0.465 e. The van der Waals surface area contributed by atoms with E-state index in [1.54, 1.807) is 18.2 Å². The fourth-order valence-corrected chi connectivity index (χ4v) is 2.84. The van der Waals surface area contributed by atoms with Crippen LogP contribution in [0.3, 0.4) is 0 Å². The van der Waals surface area contributed by atoms with E-state index in [0.717, 1.165) is 12.3 Å². The second-order valence-electron chi connectivity index (χ2n) is 4.39. The van der Waals surface area contributed by atoms with Crippen LogP contribution in [0.5, 0.6) is 0 Å². The Kier molecular flexibility index (Phi) is 3.95. The van der Waals surface area contributed by atoms with Gasteiger partial charge < -0.3 is 5.11 Å². The van der Waals surface area contributed by atoms with Crippen molar-refractivity contribution in [2.75, 3.05) is 11.6 Å². The fourth-order valence-electron chi connectivity index (χ4n) is 1.93. The Balaban J connectivity index is 2.54. The van der Waals surface area contributed by atoms with Crippen molar-refractivity contribution >= 4 is 21.6 Å². The molecule has 7 heteroatoms. The molecule has 0 aliphatic carbocycles. The zero-order chi connectivity index (χ0) is 15.6. The van der Waals surface area contributed by atoms with E-state index in [-0.39, 0.29) is 10.6 Å². The van der Waals surface area contributed by atoms with Crippen LogP contribution in [0, 0.1) is 5.82 Å². The summed E-state index contributed by atoms with van der Waals surface area (Å²) in [6.07, 6.45) is -0.305. The van der Waals surface area contributed by atoms with Crippen LogP contribution in [0.1, 0.15) is 0 Å². The number of carbonyl (C=O) groups is 1. The van der Waals surface area contributed by atoms with Gasteiger partial charge in [-0.1, -0.05) is 24.3 Å². The van der Waals surface area contributed by atoms with Gasteiger partial charge in [-0.25, -0.2) is 17.6 Å². The zero-order valence-corrected chi connectivity index (χ0v) is 11.8. The maximum Gasteiger partial charge on any atom is 0.409 e. The summed E-state index contributed by atoms with van der Waals surface area (Å²) in [7, 11) is -3.46. The predicted octanol–water partition coefficient (Wildman–Crippen LogP) is 2.99. The third-order valence-corrected chi connectivity index (χ3v) is 3.96. The lowest BCUT2D eigenvalue weighted by Gasteiger charge is -2.10. The van der Waals surface area contributed by atoms with Crippen molar-refractivity contribution in [2.45, 2.75) is 4.90 Å². The first-order chi connectivity index (χ1) is 9.79. The van der Waals surface area contributed by atoms with Crippen molar-refractivity contribution in [3.05, 3.63) is 48.3 Å². The van der Waals surface area contributed by atoms with Gasteiger partial charge in [-0.05, 0) is 23.8 Å². The van der Waals surface area contributed by atoms with Gasteiger partial charge in [-0.3, -0.25) is 5.32 Å². The molecule has 2 rings (SSSR count). The number of benzene rings is 2. The molecule has 0 atom stereocenters. The highest BCUT2D eigenvalue weighted by Gasteiger charge is 2.15. The molecular formula is C14H12FNO4S. The Morgan fingerprint density at radius 1 is 1.19 bits per heavy atom. The van der Waals surface area contributed by atoms with Crippen LogP contribution in [0.25, 0.3) is 11.1 Å². The normalized spacial score (nSPS) is 11.1. The first-order valence-electron chi connectivity index (χ1n) is 5.88. The molecule has 0 bridgehead atoms. The van der Waals surface area contributed by atoms with E-state index in [1.165, 1.54) is 18.2 Å². The zero-order valence-electron chi connectivity index (χ0n) is 11.0. The SMILES string of the molecule is CS(=O)(=O)c1ccccc1-c1ccc(NC(=O)O)c(F)c1. The molecule has 0 heterocycles. The van der Waals surface area contributed by atoms with Crippen LogP contribution in [-0.4, -0.2) is 25.9 Å². The van der Waals surface area contributed by atoms with Gasteiger partial charge in [0.15, 0.2) is 9.84 Å². The van der Waals surface area contributed by atoms with Crippen LogP contribution in [0.2, 0.25) is 0 Å². The number of nitrogens with one attached hydrogen (secondary N) is 1. The van der Waals surface area contributed by atoms with Gasteiger partial charge in [0.25, 0.3) is 0 Å². The first-order valence-corrected chi connectivity index (χ1v) is 7.77. The summed E-state index contributed by atoms with van der Waals surface area (Å²) >= 11 is 0. The number of sulfone groups is 1. The molecule has 21 heavy (non-hydrogen) atoms. The fraction of sp³-hybridized carbons (Fsp3) is 0.0714. The topological polar surface area (TPSA) is 83.5 Å². The van der Waals surface area contributed by atoms with E-state index < -0.39 is 21.7 Å². The van der Waals surface area contributed by atoms with Crippen molar-refractivity contribution in [1.29, 1.82) is 0 Å². The lowest BCUT2D eigenvalue weighted by molar-refractivity contribution is 0.209. The number of hydrogen-bond acceptors (Lipinski definition) is 3. The molecule has 0 radical (unpaired) electrons. The van der Waals surface area contributed by atoms with Crippen LogP contribution < -0.4 is 5.32 Å². The molecule has 0 spiro atoms. The summed E-state index contributed by atoms with van der Waals surface area (Å²) in [5.41, 5.74) is 0.522. The smallest absolute Gasteiger partial charge is 0.409 e. The summed E-state index contributed by atoms with van der Waals surface area (Å²) < 4.78 is 37.3. The molecule has 0 unspecified atom stereocenters. The third kappa shape index (κ3) is 3.38. The van der Waals surface area contributed by atoms with E-state index in [1.807, 2.05) is 5.32 Å². The minimum Gasteiger partial charge on any atom is -0.465 e. The van der Waals surface area contributed by atoms with Crippen molar-refractivity contribution in [2.24, 2.45) is 0 Å². The molecule has 0 fully saturated rings. The van der Waals surface area contributed by atoms with Crippen LogP contribution >= 0.6 is 0 Å². The van der Waals surface area contributed by atoms with Gasteiger partial charge in [0, 0.05) is 11.8 Å².